The van der Waals surface area contributed by atoms with Gasteiger partial charge >= 0.3 is 0 Å². The van der Waals surface area contributed by atoms with Crippen molar-refractivity contribution in [3.63, 3.8) is 0 Å². The van der Waals surface area contributed by atoms with Gasteiger partial charge in [-0.15, -0.1) is 11.3 Å². The van der Waals surface area contributed by atoms with Crippen molar-refractivity contribution >= 4 is 42.5 Å². The lowest BCUT2D eigenvalue weighted by Crippen LogP contribution is -2.47. The number of nitrogens with zero attached hydrogens (tertiary/aromatic N) is 5. The topological polar surface area (TPSA) is 101 Å². The fraction of sp³-hybridized carbons (Fsp3) is 0.400. The number of para-hydroxylation sites is 1. The molecule has 188 valence electrons. The highest BCUT2D eigenvalue weighted by Crippen LogP contribution is 2.34. The molecule has 5 heterocycles. The molecule has 2 aliphatic heterocycles. The van der Waals surface area contributed by atoms with E-state index in [-0.39, 0.29) is 6.10 Å². The lowest BCUT2D eigenvalue weighted by atomic mass is 10.1. The number of sulfonamides is 1. The fourth-order valence-corrected chi connectivity index (χ4v) is 6.80. The van der Waals surface area contributed by atoms with Crippen LogP contribution in [-0.4, -0.2) is 84.7 Å². The number of piperazine rings is 1. The Kier molecular flexibility index (Phi) is 6.44. The van der Waals surface area contributed by atoms with E-state index in [4.69, 9.17) is 14.7 Å². The summed E-state index contributed by atoms with van der Waals surface area (Å²) < 4.78 is 32.4. The Hall–Kier alpha value is -2.54. The van der Waals surface area contributed by atoms with Gasteiger partial charge in [0.2, 0.25) is 10.0 Å². The summed E-state index contributed by atoms with van der Waals surface area (Å²) in [6.45, 7) is 5.42. The highest BCUT2D eigenvalue weighted by Gasteiger charge is 2.26. The Balaban J connectivity index is 1.34. The van der Waals surface area contributed by atoms with Crippen molar-refractivity contribution in [2.75, 3.05) is 52.1 Å². The molecule has 9 nitrogen and oxygen atoms in total. The molecule has 1 unspecified atom stereocenters. The molecular formula is C25H28N6O3S2. The molecule has 36 heavy (non-hydrogen) atoms. The third kappa shape index (κ3) is 4.86. The van der Waals surface area contributed by atoms with E-state index in [2.05, 4.69) is 27.3 Å². The quantitative estimate of drug-likeness (QED) is 0.425. The maximum atomic E-state index is 11.9. The molecule has 0 bridgehead atoms. The highest BCUT2D eigenvalue weighted by atomic mass is 32.2. The first-order chi connectivity index (χ1) is 17.4. The first-order valence-electron chi connectivity index (χ1n) is 12.1. The predicted molar refractivity (Wildman–Crippen MR) is 141 cm³/mol. The Bertz CT molecular complexity index is 1510. The minimum atomic E-state index is -3.14. The molecule has 6 rings (SSSR count). The van der Waals surface area contributed by atoms with Crippen molar-refractivity contribution < 1.29 is 13.2 Å². The predicted octanol–water partition coefficient (Wildman–Crippen LogP) is 2.64. The first kappa shape index (κ1) is 23.8. The van der Waals surface area contributed by atoms with E-state index < -0.39 is 10.0 Å². The van der Waals surface area contributed by atoms with E-state index >= 15 is 0 Å². The maximum absolute atomic E-state index is 11.9. The number of morpholine rings is 1. The van der Waals surface area contributed by atoms with Gasteiger partial charge in [-0.25, -0.2) is 18.4 Å². The van der Waals surface area contributed by atoms with E-state index in [0.29, 0.717) is 45.2 Å². The number of benzene rings is 1. The van der Waals surface area contributed by atoms with Crippen LogP contribution >= 0.6 is 11.3 Å². The summed E-state index contributed by atoms with van der Waals surface area (Å²) in [5.41, 5.74) is 3.64. The fourth-order valence-electron chi connectivity index (χ4n) is 4.80. The average Bonchev–Trinajstić information content (AvgIpc) is 3.30. The lowest BCUT2D eigenvalue weighted by Gasteiger charge is -2.32. The Labute approximate surface area is 214 Å². The number of fused-ring (bicyclic) bond motifs is 2. The standard InChI is InChI=1S/C25H28N6O3S2/c1-36(32,33)31-9-7-30(8-10-31)16-19-13-21-24(35-19)23(22-15-26-6-11-34-22)29-25(28-21)18-12-17-4-2-3-5-20(17)27-14-18/h2-5,12-14,22,26H,6-11,15-16H2,1H3. The summed E-state index contributed by atoms with van der Waals surface area (Å²) in [5, 5.41) is 4.47. The summed E-state index contributed by atoms with van der Waals surface area (Å²) in [7, 11) is -3.14. The van der Waals surface area contributed by atoms with E-state index in [0.717, 1.165) is 45.5 Å². The zero-order valence-electron chi connectivity index (χ0n) is 20.1. The number of hydrogen-bond donors (Lipinski definition) is 1. The minimum Gasteiger partial charge on any atom is -0.369 e. The van der Waals surface area contributed by atoms with Gasteiger partial charge in [0.1, 0.15) is 6.10 Å². The second-order valence-corrected chi connectivity index (χ2v) is 12.4. The van der Waals surface area contributed by atoms with Crippen molar-refractivity contribution in [2.24, 2.45) is 0 Å². The average molecular weight is 525 g/mol. The van der Waals surface area contributed by atoms with Crippen LogP contribution < -0.4 is 5.32 Å². The maximum Gasteiger partial charge on any atom is 0.211 e. The lowest BCUT2D eigenvalue weighted by molar-refractivity contribution is 0.0261. The Morgan fingerprint density at radius 3 is 2.72 bits per heavy atom. The summed E-state index contributed by atoms with van der Waals surface area (Å²) in [5.74, 6) is 0.649. The van der Waals surface area contributed by atoms with E-state index in [9.17, 15) is 8.42 Å². The van der Waals surface area contributed by atoms with Gasteiger partial charge in [0.15, 0.2) is 5.82 Å². The van der Waals surface area contributed by atoms with Crippen molar-refractivity contribution in [2.45, 2.75) is 12.6 Å². The molecule has 1 N–H and O–H groups in total. The number of hydrogen-bond acceptors (Lipinski definition) is 9. The third-order valence-electron chi connectivity index (χ3n) is 6.71. The van der Waals surface area contributed by atoms with Crippen LogP contribution in [0.25, 0.3) is 32.5 Å². The van der Waals surface area contributed by atoms with Gasteiger partial charge < -0.3 is 10.1 Å². The molecule has 11 heteroatoms. The van der Waals surface area contributed by atoms with E-state index in [1.54, 1.807) is 15.6 Å². The molecule has 4 aromatic rings. The van der Waals surface area contributed by atoms with E-state index in [1.807, 2.05) is 30.5 Å². The normalized spacial score (nSPS) is 20.3. The van der Waals surface area contributed by atoms with Gasteiger partial charge in [0.05, 0.1) is 34.3 Å². The number of thiophene rings is 1. The number of rotatable bonds is 5. The summed E-state index contributed by atoms with van der Waals surface area (Å²) in [6, 6.07) is 12.3. The van der Waals surface area contributed by atoms with Crippen molar-refractivity contribution in [1.82, 2.24) is 29.5 Å². The Morgan fingerprint density at radius 2 is 1.94 bits per heavy atom. The highest BCUT2D eigenvalue weighted by molar-refractivity contribution is 7.88. The molecule has 2 saturated heterocycles. The van der Waals surface area contributed by atoms with Crippen LogP contribution in [0.1, 0.15) is 16.7 Å². The van der Waals surface area contributed by atoms with Crippen LogP contribution in [0.2, 0.25) is 0 Å². The molecule has 2 aliphatic rings. The SMILES string of the molecule is CS(=O)(=O)N1CCN(Cc2cc3nc(-c4cnc5ccccc5c4)nc(C4CNCCO4)c3s2)CC1. The largest absolute Gasteiger partial charge is 0.369 e. The van der Waals surface area contributed by atoms with Gasteiger partial charge in [-0.2, -0.15) is 4.31 Å². The second kappa shape index (κ2) is 9.73. The van der Waals surface area contributed by atoms with Gasteiger partial charge in [-0.1, -0.05) is 18.2 Å². The number of ether oxygens (including phenoxy) is 1. The summed E-state index contributed by atoms with van der Waals surface area (Å²) in [4.78, 5) is 18.0. The van der Waals surface area contributed by atoms with Gasteiger partial charge in [-0.05, 0) is 18.2 Å². The van der Waals surface area contributed by atoms with Crippen LogP contribution in [0.3, 0.4) is 0 Å². The molecular weight excluding hydrogens is 496 g/mol. The van der Waals surface area contributed by atoms with Crippen molar-refractivity contribution in [3.8, 4) is 11.4 Å². The second-order valence-electron chi connectivity index (χ2n) is 9.28. The van der Waals surface area contributed by atoms with Crippen molar-refractivity contribution in [1.29, 1.82) is 0 Å². The monoisotopic (exact) mass is 524 g/mol. The van der Waals surface area contributed by atoms with Crippen LogP contribution in [0.4, 0.5) is 0 Å². The number of nitrogens with one attached hydrogen (secondary N) is 1. The molecule has 2 fully saturated rings. The van der Waals surface area contributed by atoms with Crippen molar-refractivity contribution in [3.05, 3.63) is 53.2 Å². The zero-order valence-corrected chi connectivity index (χ0v) is 21.7. The molecule has 0 amide bonds. The molecule has 0 radical (unpaired) electrons. The molecule has 0 saturated carbocycles. The minimum absolute atomic E-state index is 0.138. The third-order valence-corrected chi connectivity index (χ3v) is 9.14. The zero-order chi connectivity index (χ0) is 24.7. The molecule has 3 aromatic heterocycles. The van der Waals surface area contributed by atoms with Crippen LogP contribution in [0, 0.1) is 0 Å². The summed E-state index contributed by atoms with van der Waals surface area (Å²) in [6.07, 6.45) is 2.97. The number of aromatic nitrogens is 3. The summed E-state index contributed by atoms with van der Waals surface area (Å²) >= 11 is 1.70. The van der Waals surface area contributed by atoms with Gasteiger partial charge in [-0.3, -0.25) is 9.88 Å². The number of pyridine rings is 1. The van der Waals surface area contributed by atoms with E-state index in [1.165, 1.54) is 11.1 Å². The van der Waals surface area contributed by atoms with Crippen LogP contribution in [-0.2, 0) is 21.3 Å². The molecule has 1 aromatic carbocycles. The molecule has 0 spiro atoms. The van der Waals surface area contributed by atoms with Crippen LogP contribution in [0.15, 0.2) is 42.6 Å². The molecule has 1 atom stereocenters. The van der Waals surface area contributed by atoms with Gasteiger partial charge in [0.25, 0.3) is 0 Å². The molecule has 0 aliphatic carbocycles. The first-order valence-corrected chi connectivity index (χ1v) is 14.8. The van der Waals surface area contributed by atoms with Crippen LogP contribution in [0.5, 0.6) is 0 Å². The smallest absolute Gasteiger partial charge is 0.211 e. The van der Waals surface area contributed by atoms with Gasteiger partial charge in [0, 0.05) is 67.8 Å². The Morgan fingerprint density at radius 1 is 1.11 bits per heavy atom.